The molecule has 0 aromatic heterocycles. The van der Waals surface area contributed by atoms with Gasteiger partial charge in [-0.25, -0.2) is 9.59 Å². The summed E-state index contributed by atoms with van der Waals surface area (Å²) in [5.41, 5.74) is -0.932. The number of hydrogen-bond acceptors (Lipinski definition) is 11. The van der Waals surface area contributed by atoms with E-state index in [4.69, 9.17) is 9.47 Å². The highest BCUT2D eigenvalue weighted by molar-refractivity contribution is 8.14. The summed E-state index contributed by atoms with van der Waals surface area (Å²) in [6, 6.07) is 4.38. The van der Waals surface area contributed by atoms with Crippen LogP contribution in [0.15, 0.2) is 41.6 Å². The normalized spacial score (nSPS) is 20.7. The van der Waals surface area contributed by atoms with E-state index < -0.39 is 76.4 Å². The average molecular weight is 644 g/mol. The minimum Gasteiger partial charge on any atom is -0.427 e. The quantitative estimate of drug-likeness (QED) is 0.173. The molecular formula is C29H33N5O10S. The molecule has 3 aliphatic heterocycles. The number of β-lactam (4-membered cyclic amide) rings is 1. The van der Waals surface area contributed by atoms with Gasteiger partial charge in [0.1, 0.15) is 23.2 Å². The Bertz CT molecular complexity index is 1490. The van der Waals surface area contributed by atoms with Gasteiger partial charge in [-0.2, -0.15) is 0 Å². The molecule has 2 unspecified atom stereocenters. The minimum absolute atomic E-state index is 0.0571. The summed E-state index contributed by atoms with van der Waals surface area (Å²) in [6.45, 7) is 7.49. The maximum Gasteiger partial charge on any atom is 0.358 e. The highest BCUT2D eigenvalue weighted by Crippen LogP contribution is 2.41. The maximum absolute atomic E-state index is 13.6. The fourth-order valence-electron chi connectivity index (χ4n) is 4.66. The van der Waals surface area contributed by atoms with Gasteiger partial charge in [0, 0.05) is 25.2 Å². The number of thioether (sulfide) groups is 1. The number of imide groups is 1. The number of nitrogens with zero attached hydrogens (tertiary/aromatic N) is 3. The number of piperazine rings is 1. The maximum atomic E-state index is 13.6. The molecule has 2 N–H and O–H groups in total. The van der Waals surface area contributed by atoms with Crippen molar-refractivity contribution >= 4 is 58.5 Å². The number of rotatable bonds is 8. The molecule has 3 heterocycles. The molecule has 2 saturated heterocycles. The van der Waals surface area contributed by atoms with E-state index in [1.54, 1.807) is 58.0 Å². The van der Waals surface area contributed by atoms with Crippen LogP contribution >= 0.6 is 11.8 Å². The summed E-state index contributed by atoms with van der Waals surface area (Å²) in [5.74, 6) is -5.13. The van der Waals surface area contributed by atoms with Crippen LogP contribution in [0.3, 0.4) is 0 Å². The standard InChI is InChI=1S/C29H33N5O10S/c1-6-32-12-13-33(23(38)22(32)37)28(42)31-17(16-10-8-7-9-11-16)20(35)30-18-21(36)34-19(15(2)26(40)45-24(18)34)25(39)43-14-44-27(41)29(3,4)5/h7-11,17-18,24H,6,12-14H2,1-5H3,(H,30,35)(H,31,42)/t17?,18?,24-/m0/s1. The lowest BCUT2D eigenvalue weighted by atomic mass is 9.98. The van der Waals surface area contributed by atoms with E-state index in [1.165, 1.54) is 11.8 Å². The molecular weight excluding hydrogens is 610 g/mol. The van der Waals surface area contributed by atoms with E-state index in [9.17, 15) is 38.4 Å². The summed E-state index contributed by atoms with van der Waals surface area (Å²) in [6.07, 6.45) is 0. The SMILES string of the molecule is CCN1CCN(C(=O)NC(C(=O)NC2C(=O)N3C(C(=O)OCOC(=O)C(C)(C)C)=C(C)C(=O)S[C@@H]23)c2ccccc2)C(=O)C1=O. The van der Waals surface area contributed by atoms with Gasteiger partial charge in [0.05, 0.1) is 5.41 Å². The molecule has 0 spiro atoms. The number of carbonyl (C=O) groups is 8. The number of urea groups is 1. The predicted molar refractivity (Wildman–Crippen MR) is 156 cm³/mol. The van der Waals surface area contributed by atoms with Crippen molar-refractivity contribution in [2.45, 2.75) is 52.1 Å². The molecule has 6 amide bonds. The molecule has 0 bridgehead atoms. The zero-order valence-corrected chi connectivity index (χ0v) is 26.1. The van der Waals surface area contributed by atoms with Crippen molar-refractivity contribution in [1.29, 1.82) is 0 Å². The number of nitrogens with one attached hydrogen (secondary N) is 2. The van der Waals surface area contributed by atoms with Crippen LogP contribution in [0.4, 0.5) is 4.79 Å². The number of benzene rings is 1. The second kappa shape index (κ2) is 13.1. The summed E-state index contributed by atoms with van der Waals surface area (Å²) < 4.78 is 9.96. The van der Waals surface area contributed by atoms with Crippen molar-refractivity contribution < 1.29 is 47.8 Å². The number of amides is 6. The number of carbonyl (C=O) groups excluding carboxylic acids is 8. The number of likely N-dealkylation sites (N-methyl/N-ethyl adjacent to an activating group) is 1. The molecule has 0 aliphatic carbocycles. The van der Waals surface area contributed by atoms with Gasteiger partial charge in [0.25, 0.3) is 5.91 Å². The third-order valence-corrected chi connectivity index (χ3v) is 8.50. The Balaban J connectivity index is 1.47. The Kier molecular flexibility index (Phi) is 9.65. The Morgan fingerprint density at radius 1 is 1.00 bits per heavy atom. The van der Waals surface area contributed by atoms with Crippen LogP contribution in [-0.4, -0.2) is 99.3 Å². The number of esters is 2. The fourth-order valence-corrected chi connectivity index (χ4v) is 5.79. The van der Waals surface area contributed by atoms with E-state index in [1.807, 2.05) is 0 Å². The largest absolute Gasteiger partial charge is 0.427 e. The molecule has 0 radical (unpaired) electrons. The molecule has 16 heteroatoms. The van der Waals surface area contributed by atoms with Crippen LogP contribution in [-0.2, 0) is 43.0 Å². The van der Waals surface area contributed by atoms with Crippen molar-refractivity contribution in [3.8, 4) is 0 Å². The van der Waals surface area contributed by atoms with Crippen LogP contribution in [0.2, 0.25) is 0 Å². The first kappa shape index (κ1) is 33.2. The minimum atomic E-state index is -1.39. The van der Waals surface area contributed by atoms with Crippen LogP contribution in [0.25, 0.3) is 0 Å². The van der Waals surface area contributed by atoms with E-state index >= 15 is 0 Å². The van der Waals surface area contributed by atoms with Crippen molar-refractivity contribution in [3.63, 3.8) is 0 Å². The summed E-state index contributed by atoms with van der Waals surface area (Å²) in [5, 5.41) is 3.46. The molecule has 240 valence electrons. The molecule has 4 rings (SSSR count). The van der Waals surface area contributed by atoms with Crippen LogP contribution in [0.5, 0.6) is 0 Å². The Morgan fingerprint density at radius 2 is 1.67 bits per heavy atom. The molecule has 15 nitrogen and oxygen atoms in total. The van der Waals surface area contributed by atoms with E-state index in [2.05, 4.69) is 10.6 Å². The van der Waals surface area contributed by atoms with E-state index in [-0.39, 0.29) is 24.4 Å². The lowest BCUT2D eigenvalue weighted by Crippen LogP contribution is -2.71. The first-order valence-corrected chi connectivity index (χ1v) is 14.9. The van der Waals surface area contributed by atoms with E-state index in [0.29, 0.717) is 28.8 Å². The fraction of sp³-hybridized carbons (Fsp3) is 0.448. The Morgan fingerprint density at radius 3 is 2.29 bits per heavy atom. The van der Waals surface area contributed by atoms with Crippen molar-refractivity contribution in [2.75, 3.05) is 26.4 Å². The van der Waals surface area contributed by atoms with Gasteiger partial charge in [-0.05, 0) is 40.2 Å². The van der Waals surface area contributed by atoms with Gasteiger partial charge in [-0.3, -0.25) is 38.6 Å². The van der Waals surface area contributed by atoms with Gasteiger partial charge in [0.2, 0.25) is 17.8 Å². The van der Waals surface area contributed by atoms with Crippen LogP contribution < -0.4 is 10.6 Å². The van der Waals surface area contributed by atoms with Crippen LogP contribution in [0, 0.1) is 5.41 Å². The topological polar surface area (TPSA) is 189 Å². The third kappa shape index (κ3) is 6.69. The van der Waals surface area contributed by atoms with Crippen molar-refractivity contribution in [3.05, 3.63) is 47.2 Å². The monoisotopic (exact) mass is 643 g/mol. The molecule has 1 aromatic carbocycles. The van der Waals surface area contributed by atoms with Gasteiger partial charge in [0.15, 0.2) is 0 Å². The van der Waals surface area contributed by atoms with Crippen molar-refractivity contribution in [1.82, 2.24) is 25.3 Å². The highest BCUT2D eigenvalue weighted by atomic mass is 32.2. The zero-order valence-electron chi connectivity index (χ0n) is 25.3. The molecule has 45 heavy (non-hydrogen) atoms. The van der Waals surface area contributed by atoms with Crippen LogP contribution in [0.1, 0.15) is 46.2 Å². The second-order valence-corrected chi connectivity index (χ2v) is 12.4. The molecule has 1 aromatic rings. The molecule has 3 atom stereocenters. The highest BCUT2D eigenvalue weighted by Gasteiger charge is 2.56. The summed E-state index contributed by atoms with van der Waals surface area (Å²) >= 11 is 0.716. The average Bonchev–Trinajstić information content (AvgIpc) is 3.00. The Labute approximate surface area is 262 Å². The number of hydrogen-bond donors (Lipinski definition) is 2. The van der Waals surface area contributed by atoms with Gasteiger partial charge >= 0.3 is 29.8 Å². The van der Waals surface area contributed by atoms with Gasteiger partial charge in [-0.1, -0.05) is 42.1 Å². The number of fused-ring (bicyclic) bond motifs is 1. The first-order chi connectivity index (χ1) is 21.2. The van der Waals surface area contributed by atoms with E-state index in [0.717, 1.165) is 4.90 Å². The Hall–Kier alpha value is -4.73. The van der Waals surface area contributed by atoms with Crippen molar-refractivity contribution in [2.24, 2.45) is 5.41 Å². The lowest BCUT2D eigenvalue weighted by Gasteiger charge is -2.48. The summed E-state index contributed by atoms with van der Waals surface area (Å²) in [7, 11) is 0. The second-order valence-electron chi connectivity index (χ2n) is 11.3. The molecule has 0 saturated carbocycles. The zero-order chi connectivity index (χ0) is 33.2. The number of ether oxygens (including phenoxy) is 2. The van der Waals surface area contributed by atoms with Gasteiger partial charge < -0.3 is 25.0 Å². The predicted octanol–water partition coefficient (Wildman–Crippen LogP) is 0.419. The lowest BCUT2D eigenvalue weighted by molar-refractivity contribution is -0.173. The third-order valence-electron chi connectivity index (χ3n) is 7.26. The first-order valence-electron chi connectivity index (χ1n) is 14.0. The smallest absolute Gasteiger partial charge is 0.358 e. The molecule has 3 aliphatic rings. The summed E-state index contributed by atoms with van der Waals surface area (Å²) in [4.78, 5) is 105. The van der Waals surface area contributed by atoms with Gasteiger partial charge in [-0.15, -0.1) is 0 Å². The molecule has 2 fully saturated rings.